The molecule has 3 fully saturated rings. The molecule has 2 heterocycles. The molecule has 0 radical (unpaired) electrons. The highest BCUT2D eigenvalue weighted by molar-refractivity contribution is 5.26. The van der Waals surface area contributed by atoms with Gasteiger partial charge in [0.05, 0.1) is 18.8 Å². The van der Waals surface area contributed by atoms with Gasteiger partial charge in [-0.15, -0.1) is 0 Å². The average molecular weight is 209 g/mol. The van der Waals surface area contributed by atoms with Crippen molar-refractivity contribution in [2.45, 2.75) is 43.7 Å². The van der Waals surface area contributed by atoms with Crippen LogP contribution in [0.25, 0.3) is 0 Å². The number of hydrogen-bond acceptors (Lipinski definition) is 3. The second-order valence-corrected chi connectivity index (χ2v) is 5.14. The Morgan fingerprint density at radius 3 is 2.73 bits per heavy atom. The van der Waals surface area contributed by atoms with Crippen molar-refractivity contribution in [2.24, 2.45) is 5.73 Å². The third-order valence-corrected chi connectivity index (χ3v) is 3.93. The van der Waals surface area contributed by atoms with Crippen LogP contribution >= 0.6 is 0 Å². The summed E-state index contributed by atoms with van der Waals surface area (Å²) in [4.78, 5) is 0. The van der Waals surface area contributed by atoms with Crippen molar-refractivity contribution in [1.29, 1.82) is 0 Å². The first-order valence-corrected chi connectivity index (χ1v) is 5.94. The molecule has 2 N–H and O–H groups in total. The van der Waals surface area contributed by atoms with Crippen LogP contribution in [0.1, 0.15) is 32.1 Å². The highest BCUT2D eigenvalue weighted by atomic mass is 16.6. The molecule has 1 spiro atoms. The highest BCUT2D eigenvalue weighted by Crippen LogP contribution is 2.40. The first-order valence-electron chi connectivity index (χ1n) is 5.94. The summed E-state index contributed by atoms with van der Waals surface area (Å²) in [5, 5.41) is 0. The third kappa shape index (κ3) is 1.73. The van der Waals surface area contributed by atoms with Gasteiger partial charge < -0.3 is 15.2 Å². The molecule has 3 aliphatic rings. The minimum Gasteiger partial charge on any atom is -0.378 e. The summed E-state index contributed by atoms with van der Waals surface area (Å²) < 4.78 is 11.4. The molecular weight excluding hydrogens is 190 g/mol. The van der Waals surface area contributed by atoms with E-state index >= 15 is 0 Å². The molecule has 0 amide bonds. The second kappa shape index (κ2) is 3.58. The first kappa shape index (κ1) is 9.82. The van der Waals surface area contributed by atoms with E-state index < -0.39 is 0 Å². The van der Waals surface area contributed by atoms with Gasteiger partial charge >= 0.3 is 0 Å². The van der Waals surface area contributed by atoms with E-state index in [9.17, 15) is 0 Å². The Bertz CT molecular complexity index is 284. The van der Waals surface area contributed by atoms with Gasteiger partial charge in [0.15, 0.2) is 0 Å². The van der Waals surface area contributed by atoms with E-state index in [2.05, 4.69) is 0 Å². The Balaban J connectivity index is 1.74. The van der Waals surface area contributed by atoms with Crippen LogP contribution in [-0.2, 0) is 9.47 Å². The Labute approximate surface area is 90.6 Å². The van der Waals surface area contributed by atoms with Crippen LogP contribution in [0.3, 0.4) is 0 Å². The van der Waals surface area contributed by atoms with Crippen molar-refractivity contribution in [3.05, 3.63) is 11.1 Å². The summed E-state index contributed by atoms with van der Waals surface area (Å²) in [7, 11) is 0. The smallest absolute Gasteiger partial charge is 0.0973 e. The van der Waals surface area contributed by atoms with E-state index in [4.69, 9.17) is 15.2 Å². The number of rotatable bonds is 0. The molecule has 2 saturated heterocycles. The second-order valence-electron chi connectivity index (χ2n) is 5.14. The molecule has 3 nitrogen and oxygen atoms in total. The van der Waals surface area contributed by atoms with Crippen molar-refractivity contribution in [3.63, 3.8) is 0 Å². The number of ether oxygens (including phenoxy) is 2. The Morgan fingerprint density at radius 2 is 2.07 bits per heavy atom. The molecule has 0 aromatic carbocycles. The summed E-state index contributed by atoms with van der Waals surface area (Å²) in [6.45, 7) is 2.52. The van der Waals surface area contributed by atoms with E-state index in [1.807, 2.05) is 0 Å². The zero-order chi connectivity index (χ0) is 10.3. The Hall–Kier alpha value is -0.380. The van der Waals surface area contributed by atoms with Gasteiger partial charge in [-0.25, -0.2) is 0 Å². The predicted molar refractivity (Wildman–Crippen MR) is 57.6 cm³/mol. The fourth-order valence-electron chi connectivity index (χ4n) is 2.92. The van der Waals surface area contributed by atoms with E-state index in [0.29, 0.717) is 6.04 Å². The van der Waals surface area contributed by atoms with Crippen molar-refractivity contribution < 1.29 is 9.47 Å². The van der Waals surface area contributed by atoms with Crippen LogP contribution in [-0.4, -0.2) is 31.5 Å². The van der Waals surface area contributed by atoms with Gasteiger partial charge in [-0.05, 0) is 19.3 Å². The normalized spacial score (nSPS) is 41.0. The molecule has 1 unspecified atom stereocenters. The molecule has 15 heavy (non-hydrogen) atoms. The summed E-state index contributed by atoms with van der Waals surface area (Å²) in [6.07, 6.45) is 5.51. The maximum atomic E-state index is 5.91. The maximum absolute atomic E-state index is 5.91. The Kier molecular flexibility index (Phi) is 2.34. The highest BCUT2D eigenvalue weighted by Gasteiger charge is 2.40. The fourth-order valence-corrected chi connectivity index (χ4v) is 2.92. The molecule has 3 heteroatoms. The molecule has 0 aromatic heterocycles. The molecule has 1 aliphatic carbocycles. The quantitative estimate of drug-likeness (QED) is 0.613. The van der Waals surface area contributed by atoms with Gasteiger partial charge in [0.2, 0.25) is 0 Å². The van der Waals surface area contributed by atoms with Crippen LogP contribution in [0.4, 0.5) is 0 Å². The van der Waals surface area contributed by atoms with E-state index in [0.717, 1.165) is 51.9 Å². The van der Waals surface area contributed by atoms with Crippen LogP contribution in [0.5, 0.6) is 0 Å². The van der Waals surface area contributed by atoms with Gasteiger partial charge in [0, 0.05) is 25.5 Å². The van der Waals surface area contributed by atoms with Gasteiger partial charge in [-0.3, -0.25) is 0 Å². The molecule has 84 valence electrons. The Morgan fingerprint density at radius 1 is 1.20 bits per heavy atom. The molecule has 0 bridgehead atoms. The third-order valence-electron chi connectivity index (χ3n) is 3.93. The minimum absolute atomic E-state index is 0.0280. The SMILES string of the molecule is NC1CC(=C2CCOC3(CCOC3)C2)C1. The number of hydrogen-bond donors (Lipinski definition) is 1. The van der Waals surface area contributed by atoms with Gasteiger partial charge in [0.1, 0.15) is 0 Å². The van der Waals surface area contributed by atoms with Crippen molar-refractivity contribution in [1.82, 2.24) is 0 Å². The molecule has 0 aromatic rings. The van der Waals surface area contributed by atoms with Crippen molar-refractivity contribution in [3.8, 4) is 0 Å². The fraction of sp³-hybridized carbons (Fsp3) is 0.833. The maximum Gasteiger partial charge on any atom is 0.0973 e. The van der Waals surface area contributed by atoms with Gasteiger partial charge in [-0.1, -0.05) is 11.1 Å². The van der Waals surface area contributed by atoms with E-state index in [1.165, 1.54) is 0 Å². The van der Waals surface area contributed by atoms with E-state index in [1.54, 1.807) is 11.1 Å². The number of nitrogens with two attached hydrogens (primary N) is 1. The average Bonchev–Trinajstić information content (AvgIpc) is 2.62. The van der Waals surface area contributed by atoms with E-state index in [-0.39, 0.29) is 5.60 Å². The monoisotopic (exact) mass is 209 g/mol. The lowest BCUT2D eigenvalue weighted by Crippen LogP contribution is -2.39. The van der Waals surface area contributed by atoms with Crippen LogP contribution in [0.15, 0.2) is 11.1 Å². The predicted octanol–water partition coefficient (Wildman–Crippen LogP) is 1.37. The van der Waals surface area contributed by atoms with Crippen molar-refractivity contribution in [2.75, 3.05) is 19.8 Å². The van der Waals surface area contributed by atoms with Crippen LogP contribution < -0.4 is 5.73 Å². The minimum atomic E-state index is 0.0280. The molecule has 2 aliphatic heterocycles. The standard InChI is InChI=1S/C12H19NO2/c13-11-5-10(6-11)9-1-3-15-12(7-9)2-4-14-8-12/h11H,1-8,13H2. The summed E-state index contributed by atoms with van der Waals surface area (Å²) in [5.41, 5.74) is 9.09. The molecule has 1 saturated carbocycles. The van der Waals surface area contributed by atoms with Crippen LogP contribution in [0, 0.1) is 0 Å². The lowest BCUT2D eigenvalue weighted by atomic mass is 9.78. The largest absolute Gasteiger partial charge is 0.378 e. The lowest BCUT2D eigenvalue weighted by molar-refractivity contribution is -0.0641. The zero-order valence-corrected chi connectivity index (χ0v) is 9.13. The lowest BCUT2D eigenvalue weighted by Gasteiger charge is -2.38. The topological polar surface area (TPSA) is 44.5 Å². The van der Waals surface area contributed by atoms with Gasteiger partial charge in [0.25, 0.3) is 0 Å². The summed E-state index contributed by atoms with van der Waals surface area (Å²) in [5.74, 6) is 0. The summed E-state index contributed by atoms with van der Waals surface area (Å²) >= 11 is 0. The zero-order valence-electron chi connectivity index (χ0n) is 9.13. The molecule has 3 rings (SSSR count). The first-order chi connectivity index (χ1) is 7.27. The van der Waals surface area contributed by atoms with Gasteiger partial charge in [-0.2, -0.15) is 0 Å². The van der Waals surface area contributed by atoms with Crippen molar-refractivity contribution >= 4 is 0 Å². The summed E-state index contributed by atoms with van der Waals surface area (Å²) in [6, 6.07) is 0.422. The molecule has 1 atom stereocenters. The molecular formula is C12H19NO2. The van der Waals surface area contributed by atoms with Crippen LogP contribution in [0.2, 0.25) is 0 Å².